The maximum atomic E-state index is 12.9. The second-order valence-electron chi connectivity index (χ2n) is 5.56. The predicted octanol–water partition coefficient (Wildman–Crippen LogP) is 2.50. The van der Waals surface area contributed by atoms with Crippen LogP contribution in [0.25, 0.3) is 0 Å². The Morgan fingerprint density at radius 3 is 2.68 bits per heavy atom. The highest BCUT2D eigenvalue weighted by Crippen LogP contribution is 2.22. The molecule has 1 aromatic carbocycles. The first-order valence-electron chi connectivity index (χ1n) is 7.16. The summed E-state index contributed by atoms with van der Waals surface area (Å²) in [5.74, 6) is 0.918. The van der Waals surface area contributed by atoms with Gasteiger partial charge in [-0.05, 0) is 30.2 Å². The molecule has 1 unspecified atom stereocenters. The van der Waals surface area contributed by atoms with E-state index in [0.29, 0.717) is 29.8 Å². The number of carbonyl (C=O) groups excluding carboxylic acids is 2. The normalized spacial score (nSPS) is 17.6. The standard InChI is InChI=1S/C15H20FN3O2S/c1-10(2)7-17-14(20)13-8-22-9-19(13)15(21)18-12-5-3-11(16)4-6-12/h3-6,10,13H,7-9H2,1-2H3,(H,17,20)(H,18,21). The average Bonchev–Trinajstić information content (AvgIpc) is 2.96. The molecule has 0 aromatic heterocycles. The smallest absolute Gasteiger partial charge is 0.323 e. The van der Waals surface area contributed by atoms with Gasteiger partial charge in [-0.3, -0.25) is 4.79 Å². The minimum atomic E-state index is -0.468. The zero-order valence-electron chi connectivity index (χ0n) is 12.6. The third kappa shape index (κ3) is 4.37. The first kappa shape index (κ1) is 16.6. The van der Waals surface area contributed by atoms with E-state index < -0.39 is 6.04 Å². The molecule has 2 N–H and O–H groups in total. The average molecular weight is 325 g/mol. The lowest BCUT2D eigenvalue weighted by molar-refractivity contribution is -0.124. The molecule has 5 nitrogen and oxygen atoms in total. The maximum absolute atomic E-state index is 12.9. The summed E-state index contributed by atoms with van der Waals surface area (Å²) < 4.78 is 12.9. The summed E-state index contributed by atoms with van der Waals surface area (Å²) in [6, 6.07) is 4.72. The molecule has 0 spiro atoms. The van der Waals surface area contributed by atoms with Crippen molar-refractivity contribution in [3.8, 4) is 0 Å². The number of halogens is 1. The van der Waals surface area contributed by atoms with Crippen LogP contribution in [0.2, 0.25) is 0 Å². The number of nitrogens with zero attached hydrogens (tertiary/aromatic N) is 1. The molecular formula is C15H20FN3O2S. The summed E-state index contributed by atoms with van der Waals surface area (Å²) in [5.41, 5.74) is 0.504. The van der Waals surface area contributed by atoms with Crippen LogP contribution in [0, 0.1) is 11.7 Å². The molecule has 120 valence electrons. The summed E-state index contributed by atoms with van der Waals surface area (Å²) >= 11 is 1.54. The molecule has 0 aliphatic carbocycles. The van der Waals surface area contributed by atoms with Crippen LogP contribution < -0.4 is 10.6 Å². The second-order valence-corrected chi connectivity index (χ2v) is 6.56. The van der Waals surface area contributed by atoms with Crippen LogP contribution in [0.3, 0.4) is 0 Å². The topological polar surface area (TPSA) is 61.4 Å². The van der Waals surface area contributed by atoms with Crippen molar-refractivity contribution >= 4 is 29.4 Å². The number of hydrogen-bond acceptors (Lipinski definition) is 3. The Morgan fingerprint density at radius 1 is 1.36 bits per heavy atom. The third-order valence-corrected chi connectivity index (χ3v) is 4.24. The van der Waals surface area contributed by atoms with E-state index in [9.17, 15) is 14.0 Å². The van der Waals surface area contributed by atoms with Crippen molar-refractivity contribution in [2.75, 3.05) is 23.5 Å². The van der Waals surface area contributed by atoms with Gasteiger partial charge in [0, 0.05) is 18.0 Å². The number of urea groups is 1. The molecule has 1 fully saturated rings. The fourth-order valence-electron chi connectivity index (χ4n) is 2.01. The van der Waals surface area contributed by atoms with E-state index in [1.165, 1.54) is 40.9 Å². The second kappa shape index (κ2) is 7.49. The number of hydrogen-bond donors (Lipinski definition) is 2. The number of carbonyl (C=O) groups is 2. The van der Waals surface area contributed by atoms with E-state index in [2.05, 4.69) is 10.6 Å². The van der Waals surface area contributed by atoms with Gasteiger partial charge in [0.05, 0.1) is 5.88 Å². The van der Waals surface area contributed by atoms with Crippen molar-refractivity contribution in [1.29, 1.82) is 0 Å². The van der Waals surface area contributed by atoms with E-state index >= 15 is 0 Å². The summed E-state index contributed by atoms with van der Waals surface area (Å²) in [6.45, 7) is 4.62. The van der Waals surface area contributed by atoms with Gasteiger partial charge in [-0.1, -0.05) is 13.8 Å². The fraction of sp³-hybridized carbons (Fsp3) is 0.467. The van der Waals surface area contributed by atoms with E-state index in [1.54, 1.807) is 0 Å². The number of thioether (sulfide) groups is 1. The molecule has 7 heteroatoms. The van der Waals surface area contributed by atoms with Crippen LogP contribution >= 0.6 is 11.8 Å². The van der Waals surface area contributed by atoms with Crippen LogP contribution in [0.15, 0.2) is 24.3 Å². The number of nitrogens with one attached hydrogen (secondary N) is 2. The summed E-state index contributed by atoms with van der Waals surface area (Å²) in [6.07, 6.45) is 0. The number of benzene rings is 1. The lowest BCUT2D eigenvalue weighted by atomic mass is 10.2. The van der Waals surface area contributed by atoms with Crippen LogP contribution in [0.4, 0.5) is 14.9 Å². The van der Waals surface area contributed by atoms with Gasteiger partial charge >= 0.3 is 6.03 Å². The van der Waals surface area contributed by atoms with Crippen LogP contribution in [-0.4, -0.2) is 41.1 Å². The Balaban J connectivity index is 1.95. The van der Waals surface area contributed by atoms with Gasteiger partial charge in [0.15, 0.2) is 0 Å². The Morgan fingerprint density at radius 2 is 2.05 bits per heavy atom. The minimum absolute atomic E-state index is 0.132. The molecule has 0 bridgehead atoms. The van der Waals surface area contributed by atoms with Crippen LogP contribution in [0.5, 0.6) is 0 Å². The van der Waals surface area contributed by atoms with Gasteiger partial charge in [0.25, 0.3) is 0 Å². The highest BCUT2D eigenvalue weighted by molar-refractivity contribution is 7.99. The van der Waals surface area contributed by atoms with E-state index in [1.807, 2.05) is 13.8 Å². The predicted molar refractivity (Wildman–Crippen MR) is 86.2 cm³/mol. The molecule has 0 saturated carbocycles. The highest BCUT2D eigenvalue weighted by Gasteiger charge is 2.34. The molecule has 0 radical (unpaired) electrons. The SMILES string of the molecule is CC(C)CNC(=O)C1CSCN1C(=O)Nc1ccc(F)cc1. The lowest BCUT2D eigenvalue weighted by Crippen LogP contribution is -2.49. The van der Waals surface area contributed by atoms with Crippen molar-refractivity contribution in [2.24, 2.45) is 5.92 Å². The number of amides is 3. The fourth-order valence-corrected chi connectivity index (χ4v) is 3.16. The van der Waals surface area contributed by atoms with Crippen molar-refractivity contribution < 1.29 is 14.0 Å². The zero-order valence-corrected chi connectivity index (χ0v) is 13.5. The van der Waals surface area contributed by atoms with Gasteiger partial charge in [-0.15, -0.1) is 11.8 Å². The van der Waals surface area contributed by atoms with Crippen molar-refractivity contribution in [1.82, 2.24) is 10.2 Å². The quantitative estimate of drug-likeness (QED) is 0.894. The first-order valence-corrected chi connectivity index (χ1v) is 8.31. The summed E-state index contributed by atoms with van der Waals surface area (Å²) in [7, 11) is 0. The summed E-state index contributed by atoms with van der Waals surface area (Å²) in [5, 5.41) is 5.54. The summed E-state index contributed by atoms with van der Waals surface area (Å²) in [4.78, 5) is 26.0. The molecule has 1 aromatic rings. The highest BCUT2D eigenvalue weighted by atomic mass is 32.2. The third-order valence-electron chi connectivity index (χ3n) is 3.23. The zero-order chi connectivity index (χ0) is 16.1. The molecule has 1 aliphatic heterocycles. The van der Waals surface area contributed by atoms with E-state index in [4.69, 9.17) is 0 Å². The van der Waals surface area contributed by atoms with Crippen molar-refractivity contribution in [2.45, 2.75) is 19.9 Å². The number of rotatable bonds is 4. The molecular weight excluding hydrogens is 305 g/mol. The van der Waals surface area contributed by atoms with E-state index in [-0.39, 0.29) is 17.8 Å². The maximum Gasteiger partial charge on any atom is 0.323 e. The molecule has 1 saturated heterocycles. The molecule has 3 amide bonds. The van der Waals surface area contributed by atoms with Crippen LogP contribution in [-0.2, 0) is 4.79 Å². The largest absolute Gasteiger partial charge is 0.354 e. The number of anilines is 1. The first-order chi connectivity index (χ1) is 10.5. The molecule has 1 atom stereocenters. The van der Waals surface area contributed by atoms with E-state index in [0.717, 1.165) is 0 Å². The molecule has 1 aliphatic rings. The van der Waals surface area contributed by atoms with Crippen molar-refractivity contribution in [3.63, 3.8) is 0 Å². The van der Waals surface area contributed by atoms with Gasteiger partial charge in [-0.2, -0.15) is 0 Å². The molecule has 1 heterocycles. The Kier molecular flexibility index (Phi) is 5.65. The van der Waals surface area contributed by atoms with Gasteiger partial charge < -0.3 is 15.5 Å². The van der Waals surface area contributed by atoms with Crippen LogP contribution in [0.1, 0.15) is 13.8 Å². The Labute approximate surface area is 133 Å². The van der Waals surface area contributed by atoms with Gasteiger partial charge in [0.2, 0.25) is 5.91 Å². The van der Waals surface area contributed by atoms with Gasteiger partial charge in [0.1, 0.15) is 11.9 Å². The van der Waals surface area contributed by atoms with Gasteiger partial charge in [-0.25, -0.2) is 9.18 Å². The monoisotopic (exact) mass is 325 g/mol. The van der Waals surface area contributed by atoms with Crippen molar-refractivity contribution in [3.05, 3.63) is 30.1 Å². The molecule has 2 rings (SSSR count). The Bertz CT molecular complexity index is 536. The minimum Gasteiger partial charge on any atom is -0.354 e. The lowest BCUT2D eigenvalue weighted by Gasteiger charge is -2.23. The Hall–Kier alpha value is -1.76. The molecule has 22 heavy (non-hydrogen) atoms.